The second-order valence-electron chi connectivity index (χ2n) is 3.85. The Morgan fingerprint density at radius 2 is 1.79 bits per heavy atom. The van der Waals surface area contributed by atoms with E-state index in [1.807, 2.05) is 27.7 Å². The summed E-state index contributed by atoms with van der Waals surface area (Å²) in [5, 5.41) is 3.07. The van der Waals surface area contributed by atoms with E-state index >= 15 is 0 Å². The SMILES string of the molecule is CCC(C)NS(=O)(=O)CCNC(C)C. The van der Waals surface area contributed by atoms with Gasteiger partial charge in [0.25, 0.3) is 0 Å². The molecule has 0 heterocycles. The van der Waals surface area contributed by atoms with E-state index in [4.69, 9.17) is 0 Å². The molecule has 0 aromatic rings. The molecule has 1 unspecified atom stereocenters. The van der Waals surface area contributed by atoms with E-state index in [9.17, 15) is 8.42 Å². The van der Waals surface area contributed by atoms with Crippen molar-refractivity contribution in [3.05, 3.63) is 0 Å². The molecule has 1 atom stereocenters. The molecule has 5 heteroatoms. The van der Waals surface area contributed by atoms with Gasteiger partial charge in [-0.05, 0) is 13.3 Å². The maximum atomic E-state index is 11.4. The van der Waals surface area contributed by atoms with E-state index in [-0.39, 0.29) is 11.8 Å². The summed E-state index contributed by atoms with van der Waals surface area (Å²) in [7, 11) is -3.10. The number of nitrogens with one attached hydrogen (secondary N) is 2. The Balaban J connectivity index is 3.84. The van der Waals surface area contributed by atoms with Gasteiger partial charge in [0.15, 0.2) is 0 Å². The lowest BCUT2D eigenvalue weighted by Gasteiger charge is -2.13. The monoisotopic (exact) mass is 222 g/mol. The second-order valence-corrected chi connectivity index (χ2v) is 5.73. The van der Waals surface area contributed by atoms with Gasteiger partial charge in [-0.15, -0.1) is 0 Å². The van der Waals surface area contributed by atoms with E-state index in [0.29, 0.717) is 12.6 Å². The highest BCUT2D eigenvalue weighted by atomic mass is 32.2. The van der Waals surface area contributed by atoms with Crippen LogP contribution in [0, 0.1) is 0 Å². The van der Waals surface area contributed by atoms with Crippen molar-refractivity contribution < 1.29 is 8.42 Å². The molecule has 0 amide bonds. The van der Waals surface area contributed by atoms with Gasteiger partial charge >= 0.3 is 0 Å². The smallest absolute Gasteiger partial charge is 0.213 e. The zero-order valence-electron chi connectivity index (χ0n) is 9.50. The molecule has 0 aromatic heterocycles. The van der Waals surface area contributed by atoms with Crippen LogP contribution < -0.4 is 10.0 Å². The van der Waals surface area contributed by atoms with Crippen LogP contribution in [0.25, 0.3) is 0 Å². The Bertz CT molecular complexity index is 237. The van der Waals surface area contributed by atoms with Crippen molar-refractivity contribution in [2.45, 2.75) is 46.2 Å². The molecule has 0 aliphatic rings. The summed E-state index contributed by atoms with van der Waals surface area (Å²) in [6, 6.07) is 0.354. The van der Waals surface area contributed by atoms with Crippen molar-refractivity contribution in [2.75, 3.05) is 12.3 Å². The Morgan fingerprint density at radius 1 is 1.21 bits per heavy atom. The van der Waals surface area contributed by atoms with Crippen molar-refractivity contribution in [3.8, 4) is 0 Å². The molecule has 14 heavy (non-hydrogen) atoms. The molecule has 0 radical (unpaired) electrons. The molecule has 2 N–H and O–H groups in total. The zero-order valence-corrected chi connectivity index (χ0v) is 10.3. The van der Waals surface area contributed by atoms with Crippen LogP contribution in [0.4, 0.5) is 0 Å². The molecule has 0 saturated carbocycles. The molecular weight excluding hydrogens is 200 g/mol. The third-order valence-corrected chi connectivity index (χ3v) is 3.42. The summed E-state index contributed by atoms with van der Waals surface area (Å²) in [6.07, 6.45) is 0.816. The number of hydrogen-bond donors (Lipinski definition) is 2. The summed E-state index contributed by atoms with van der Waals surface area (Å²) < 4.78 is 25.5. The number of rotatable bonds is 7. The fourth-order valence-electron chi connectivity index (χ4n) is 0.931. The van der Waals surface area contributed by atoms with Gasteiger partial charge in [-0.3, -0.25) is 0 Å². The molecular formula is C9H22N2O2S. The minimum Gasteiger partial charge on any atom is -0.313 e. The van der Waals surface area contributed by atoms with Gasteiger partial charge in [-0.1, -0.05) is 20.8 Å². The third kappa shape index (κ3) is 7.29. The van der Waals surface area contributed by atoms with E-state index in [1.165, 1.54) is 0 Å². The summed E-state index contributed by atoms with van der Waals surface area (Å²) in [5.41, 5.74) is 0. The average Bonchev–Trinajstić information content (AvgIpc) is 2.02. The number of sulfonamides is 1. The van der Waals surface area contributed by atoms with Gasteiger partial charge in [0.05, 0.1) is 5.75 Å². The minimum atomic E-state index is -3.10. The largest absolute Gasteiger partial charge is 0.313 e. The fourth-order valence-corrected chi connectivity index (χ4v) is 2.21. The standard InChI is InChI=1S/C9H22N2O2S/c1-5-9(4)11-14(12,13)7-6-10-8(2)3/h8-11H,5-7H2,1-4H3. The first-order chi connectivity index (χ1) is 6.37. The van der Waals surface area contributed by atoms with Crippen LogP contribution in [0.1, 0.15) is 34.1 Å². The fraction of sp³-hybridized carbons (Fsp3) is 1.00. The lowest BCUT2D eigenvalue weighted by molar-refractivity contribution is 0.546. The molecule has 0 saturated heterocycles. The van der Waals surface area contributed by atoms with Gasteiger partial charge < -0.3 is 5.32 Å². The maximum absolute atomic E-state index is 11.4. The molecule has 0 aliphatic heterocycles. The molecule has 0 rings (SSSR count). The molecule has 0 aliphatic carbocycles. The van der Waals surface area contributed by atoms with Crippen molar-refractivity contribution in [1.82, 2.24) is 10.0 Å². The summed E-state index contributed by atoms with van der Waals surface area (Å²) in [6.45, 7) is 8.32. The highest BCUT2D eigenvalue weighted by molar-refractivity contribution is 7.89. The Labute approximate surface area is 87.5 Å². The van der Waals surface area contributed by atoms with E-state index in [2.05, 4.69) is 10.0 Å². The predicted molar refractivity (Wildman–Crippen MR) is 59.8 cm³/mol. The van der Waals surface area contributed by atoms with Crippen molar-refractivity contribution in [3.63, 3.8) is 0 Å². The van der Waals surface area contributed by atoms with Gasteiger partial charge in [0.2, 0.25) is 10.0 Å². The molecule has 0 spiro atoms. The normalized spacial score (nSPS) is 14.6. The summed E-state index contributed by atoms with van der Waals surface area (Å²) in [4.78, 5) is 0. The summed E-state index contributed by atoms with van der Waals surface area (Å²) >= 11 is 0. The second kappa shape index (κ2) is 6.37. The molecule has 0 aromatic carbocycles. The topological polar surface area (TPSA) is 58.2 Å². The highest BCUT2D eigenvalue weighted by Gasteiger charge is 2.12. The Kier molecular flexibility index (Phi) is 6.31. The first kappa shape index (κ1) is 13.9. The van der Waals surface area contributed by atoms with Crippen molar-refractivity contribution >= 4 is 10.0 Å². The number of hydrogen-bond acceptors (Lipinski definition) is 3. The highest BCUT2D eigenvalue weighted by Crippen LogP contribution is 1.93. The maximum Gasteiger partial charge on any atom is 0.213 e. The molecule has 86 valence electrons. The zero-order chi connectivity index (χ0) is 11.2. The van der Waals surface area contributed by atoms with Gasteiger partial charge in [-0.25, -0.2) is 13.1 Å². The van der Waals surface area contributed by atoms with Crippen LogP contribution in [-0.4, -0.2) is 32.8 Å². The first-order valence-electron chi connectivity index (χ1n) is 5.10. The van der Waals surface area contributed by atoms with Crippen LogP contribution >= 0.6 is 0 Å². The Hall–Kier alpha value is -0.130. The van der Waals surface area contributed by atoms with E-state index < -0.39 is 10.0 Å². The lowest BCUT2D eigenvalue weighted by atomic mass is 10.3. The molecule has 0 bridgehead atoms. The van der Waals surface area contributed by atoms with Gasteiger partial charge in [0, 0.05) is 18.6 Å². The average molecular weight is 222 g/mol. The van der Waals surface area contributed by atoms with Crippen molar-refractivity contribution in [1.29, 1.82) is 0 Å². The molecule has 0 fully saturated rings. The van der Waals surface area contributed by atoms with Crippen molar-refractivity contribution in [2.24, 2.45) is 0 Å². The predicted octanol–water partition coefficient (Wildman–Crippen LogP) is 0.702. The van der Waals surface area contributed by atoms with Gasteiger partial charge in [-0.2, -0.15) is 0 Å². The van der Waals surface area contributed by atoms with E-state index in [1.54, 1.807) is 0 Å². The van der Waals surface area contributed by atoms with E-state index in [0.717, 1.165) is 6.42 Å². The van der Waals surface area contributed by atoms with Crippen LogP contribution in [0.2, 0.25) is 0 Å². The van der Waals surface area contributed by atoms with Crippen LogP contribution in [0.3, 0.4) is 0 Å². The van der Waals surface area contributed by atoms with Crippen LogP contribution in [0.15, 0.2) is 0 Å². The summed E-state index contributed by atoms with van der Waals surface area (Å²) in [5.74, 6) is 0.148. The quantitative estimate of drug-likeness (QED) is 0.667. The first-order valence-corrected chi connectivity index (χ1v) is 6.76. The van der Waals surface area contributed by atoms with Crippen LogP contribution in [0.5, 0.6) is 0 Å². The minimum absolute atomic E-state index is 0.0269. The Morgan fingerprint density at radius 3 is 2.21 bits per heavy atom. The lowest BCUT2D eigenvalue weighted by Crippen LogP contribution is -2.38. The third-order valence-electron chi connectivity index (χ3n) is 1.92. The van der Waals surface area contributed by atoms with Crippen LogP contribution in [-0.2, 0) is 10.0 Å². The van der Waals surface area contributed by atoms with Gasteiger partial charge in [0.1, 0.15) is 0 Å². The molecule has 4 nitrogen and oxygen atoms in total.